The molecule has 0 saturated carbocycles. The van der Waals surface area contributed by atoms with Crippen LogP contribution in [-0.4, -0.2) is 28.0 Å². The van der Waals surface area contributed by atoms with Gasteiger partial charge < -0.3 is 10.1 Å². The Kier molecular flexibility index (Phi) is 7.16. The number of halogens is 2. The van der Waals surface area contributed by atoms with E-state index in [9.17, 15) is 17.6 Å². The van der Waals surface area contributed by atoms with Gasteiger partial charge in [-0.15, -0.1) is 0 Å². The van der Waals surface area contributed by atoms with Crippen LogP contribution in [0.1, 0.15) is 5.56 Å². The number of nitrogens with one attached hydrogen (secondary N) is 1. The predicted molar refractivity (Wildman–Crippen MR) is 126 cm³/mol. The minimum Gasteiger partial charge on any atom is -0.495 e. The minimum absolute atomic E-state index is 0.0820. The Morgan fingerprint density at radius 1 is 1.06 bits per heavy atom. The van der Waals surface area contributed by atoms with E-state index in [1.165, 1.54) is 25.3 Å². The second-order valence-electron chi connectivity index (χ2n) is 6.70. The van der Waals surface area contributed by atoms with Crippen molar-refractivity contribution >= 4 is 49.9 Å². The van der Waals surface area contributed by atoms with Gasteiger partial charge >= 0.3 is 0 Å². The summed E-state index contributed by atoms with van der Waals surface area (Å²) in [6.07, 6.45) is 0. The third-order valence-corrected chi connectivity index (χ3v) is 6.93. The van der Waals surface area contributed by atoms with Crippen molar-refractivity contribution in [2.24, 2.45) is 0 Å². The molecule has 0 aliphatic carbocycles. The average molecular weight is 554 g/mol. The van der Waals surface area contributed by atoms with Crippen LogP contribution >= 0.6 is 22.6 Å². The average Bonchev–Trinajstić information content (AvgIpc) is 2.74. The van der Waals surface area contributed by atoms with Gasteiger partial charge in [0.05, 0.1) is 12.8 Å². The molecular weight excluding hydrogens is 534 g/mol. The lowest BCUT2D eigenvalue weighted by molar-refractivity contribution is -0.114. The summed E-state index contributed by atoms with van der Waals surface area (Å²) in [5.74, 6) is -0.908. The summed E-state index contributed by atoms with van der Waals surface area (Å²) in [5, 5.41) is 2.69. The highest BCUT2D eigenvalue weighted by Gasteiger charge is 2.30. The van der Waals surface area contributed by atoms with Gasteiger partial charge in [0.25, 0.3) is 10.0 Å². The summed E-state index contributed by atoms with van der Waals surface area (Å²) in [5.41, 5.74) is 1.40. The van der Waals surface area contributed by atoms with Crippen molar-refractivity contribution < 1.29 is 22.3 Å². The van der Waals surface area contributed by atoms with Crippen LogP contribution in [0.5, 0.6) is 5.75 Å². The maximum absolute atomic E-state index is 13.6. The number of nitrogens with zero attached hydrogens (tertiary/aromatic N) is 1. The molecule has 0 atom stereocenters. The molecule has 0 fully saturated rings. The van der Waals surface area contributed by atoms with Gasteiger partial charge in [-0.2, -0.15) is 0 Å². The Morgan fingerprint density at radius 2 is 1.71 bits per heavy atom. The normalized spacial score (nSPS) is 11.1. The van der Waals surface area contributed by atoms with Gasteiger partial charge in [-0.05, 0) is 95.7 Å². The van der Waals surface area contributed by atoms with Crippen LogP contribution in [0, 0.1) is 16.3 Å². The molecule has 0 heterocycles. The lowest BCUT2D eigenvalue weighted by Crippen LogP contribution is -2.38. The van der Waals surface area contributed by atoms with E-state index in [4.69, 9.17) is 4.74 Å². The molecule has 0 aromatic heterocycles. The molecule has 6 nitrogen and oxygen atoms in total. The predicted octanol–water partition coefficient (Wildman–Crippen LogP) is 4.58. The second kappa shape index (κ2) is 9.65. The number of hydrogen-bond donors (Lipinski definition) is 1. The van der Waals surface area contributed by atoms with Gasteiger partial charge in [0.2, 0.25) is 5.91 Å². The second-order valence-corrected chi connectivity index (χ2v) is 9.77. The lowest BCUT2D eigenvalue weighted by atomic mass is 10.2. The first-order valence-electron chi connectivity index (χ1n) is 9.19. The first kappa shape index (κ1) is 23.0. The van der Waals surface area contributed by atoms with Gasteiger partial charge in [0.1, 0.15) is 23.0 Å². The number of ether oxygens (including phenoxy) is 1. The fraction of sp³-hybridized carbons (Fsp3) is 0.136. The van der Waals surface area contributed by atoms with Crippen molar-refractivity contribution in [3.05, 3.63) is 81.7 Å². The monoisotopic (exact) mass is 554 g/mol. The number of amides is 1. The van der Waals surface area contributed by atoms with E-state index < -0.39 is 28.3 Å². The summed E-state index contributed by atoms with van der Waals surface area (Å²) < 4.78 is 47.7. The van der Waals surface area contributed by atoms with Crippen molar-refractivity contribution in [1.29, 1.82) is 0 Å². The third-order valence-electron chi connectivity index (χ3n) is 4.42. The maximum Gasteiger partial charge on any atom is 0.268 e. The standard InChI is InChI=1S/C22H20FIN2O4S/c1-15-3-12-20(30-2)21(13-15)31(28,29)26(19-10-4-16(23)5-11-19)14-22(27)25-18-8-6-17(24)7-9-18/h3-13H,14H2,1-2H3,(H,25,27). The Morgan fingerprint density at radius 3 is 2.32 bits per heavy atom. The molecular formula is C22H20FIN2O4S. The van der Waals surface area contributed by atoms with Gasteiger partial charge in [0, 0.05) is 9.26 Å². The molecule has 0 aliphatic rings. The van der Waals surface area contributed by atoms with Crippen molar-refractivity contribution in [3.63, 3.8) is 0 Å². The van der Waals surface area contributed by atoms with Crippen molar-refractivity contribution in [1.82, 2.24) is 0 Å². The highest BCUT2D eigenvalue weighted by Crippen LogP contribution is 2.31. The van der Waals surface area contributed by atoms with E-state index in [2.05, 4.69) is 27.9 Å². The van der Waals surface area contributed by atoms with E-state index in [1.54, 1.807) is 31.2 Å². The largest absolute Gasteiger partial charge is 0.495 e. The summed E-state index contributed by atoms with van der Waals surface area (Å²) in [6.45, 7) is 1.25. The quantitative estimate of drug-likeness (QED) is 0.434. The third kappa shape index (κ3) is 5.53. The Hall–Kier alpha value is -2.66. The SMILES string of the molecule is COc1ccc(C)cc1S(=O)(=O)N(CC(=O)Nc1ccc(I)cc1)c1ccc(F)cc1. The summed E-state index contributed by atoms with van der Waals surface area (Å²) in [6, 6.07) is 16.7. The zero-order valence-electron chi connectivity index (χ0n) is 16.8. The van der Waals surface area contributed by atoms with E-state index in [-0.39, 0.29) is 16.3 Å². The zero-order valence-corrected chi connectivity index (χ0v) is 19.8. The molecule has 3 aromatic carbocycles. The van der Waals surface area contributed by atoms with E-state index in [0.29, 0.717) is 11.3 Å². The number of benzene rings is 3. The number of sulfonamides is 1. The number of carbonyl (C=O) groups excluding carboxylic acids is 1. The first-order valence-corrected chi connectivity index (χ1v) is 11.7. The lowest BCUT2D eigenvalue weighted by Gasteiger charge is -2.25. The van der Waals surface area contributed by atoms with Gasteiger partial charge in [-0.3, -0.25) is 9.10 Å². The molecule has 31 heavy (non-hydrogen) atoms. The van der Waals surface area contributed by atoms with E-state index >= 15 is 0 Å². The molecule has 1 amide bonds. The molecule has 0 bridgehead atoms. The molecule has 1 N–H and O–H groups in total. The van der Waals surface area contributed by atoms with Crippen LogP contribution in [0.4, 0.5) is 15.8 Å². The molecule has 0 unspecified atom stereocenters. The number of aryl methyl sites for hydroxylation is 1. The number of methoxy groups -OCH3 is 1. The van der Waals surface area contributed by atoms with Crippen molar-refractivity contribution in [2.45, 2.75) is 11.8 Å². The zero-order chi connectivity index (χ0) is 22.6. The Bertz CT molecular complexity index is 1180. The van der Waals surface area contributed by atoms with E-state index in [1.807, 2.05) is 12.1 Å². The minimum atomic E-state index is -4.20. The van der Waals surface area contributed by atoms with Crippen LogP contribution in [0.3, 0.4) is 0 Å². The van der Waals surface area contributed by atoms with Gasteiger partial charge in [-0.1, -0.05) is 6.07 Å². The molecule has 0 spiro atoms. The topological polar surface area (TPSA) is 75.7 Å². The Balaban J connectivity index is 2.00. The fourth-order valence-electron chi connectivity index (χ4n) is 2.89. The molecule has 0 aliphatic heterocycles. The summed E-state index contributed by atoms with van der Waals surface area (Å²) in [7, 11) is -2.83. The smallest absolute Gasteiger partial charge is 0.268 e. The highest BCUT2D eigenvalue weighted by atomic mass is 127. The number of rotatable bonds is 7. The van der Waals surface area contributed by atoms with Crippen LogP contribution in [0.25, 0.3) is 0 Å². The van der Waals surface area contributed by atoms with Gasteiger partial charge in [-0.25, -0.2) is 12.8 Å². The van der Waals surface area contributed by atoms with Crippen molar-refractivity contribution in [3.8, 4) is 5.75 Å². The summed E-state index contributed by atoms with van der Waals surface area (Å²) in [4.78, 5) is 12.6. The maximum atomic E-state index is 13.6. The fourth-order valence-corrected chi connectivity index (χ4v) is 4.91. The van der Waals surface area contributed by atoms with Crippen LogP contribution in [0.15, 0.2) is 71.6 Å². The van der Waals surface area contributed by atoms with Crippen LogP contribution in [-0.2, 0) is 14.8 Å². The van der Waals surface area contributed by atoms with Crippen LogP contribution in [0.2, 0.25) is 0 Å². The number of hydrogen-bond acceptors (Lipinski definition) is 4. The van der Waals surface area contributed by atoms with E-state index in [0.717, 1.165) is 20.0 Å². The van der Waals surface area contributed by atoms with Crippen molar-refractivity contribution in [2.75, 3.05) is 23.3 Å². The molecule has 0 radical (unpaired) electrons. The molecule has 3 rings (SSSR count). The molecule has 3 aromatic rings. The molecule has 0 saturated heterocycles. The molecule has 162 valence electrons. The Labute approximate surface area is 194 Å². The first-order chi connectivity index (χ1) is 14.7. The molecule has 9 heteroatoms. The summed E-state index contributed by atoms with van der Waals surface area (Å²) >= 11 is 2.14. The van der Waals surface area contributed by atoms with Crippen LogP contribution < -0.4 is 14.4 Å². The van der Waals surface area contributed by atoms with Gasteiger partial charge in [0.15, 0.2) is 0 Å². The number of anilines is 2. The highest BCUT2D eigenvalue weighted by molar-refractivity contribution is 14.1. The number of carbonyl (C=O) groups is 1.